The molecule has 0 heterocycles. The molecule has 0 aliphatic heterocycles. The van der Waals surface area contributed by atoms with Gasteiger partial charge >= 0.3 is 29.6 Å². The molecular formula is C14H19F13Si. The van der Waals surface area contributed by atoms with Crippen LogP contribution in [0.1, 0.15) is 34.6 Å². The molecule has 1 unspecified atom stereocenters. The van der Waals surface area contributed by atoms with Gasteiger partial charge in [0.25, 0.3) is 5.55 Å². The van der Waals surface area contributed by atoms with Crippen molar-refractivity contribution < 1.29 is 57.1 Å². The van der Waals surface area contributed by atoms with Crippen LogP contribution in [0.5, 0.6) is 0 Å². The lowest BCUT2D eigenvalue weighted by atomic mass is 9.92. The van der Waals surface area contributed by atoms with Crippen molar-refractivity contribution >= 4 is 8.80 Å². The smallest absolute Gasteiger partial charge is 0.241 e. The Morgan fingerprint density at radius 1 is 0.500 bits per heavy atom. The van der Waals surface area contributed by atoms with Crippen LogP contribution in [-0.2, 0) is 0 Å². The fourth-order valence-electron chi connectivity index (χ4n) is 2.88. The molecule has 0 aliphatic rings. The number of hydrogen-bond donors (Lipinski definition) is 0. The van der Waals surface area contributed by atoms with Gasteiger partial charge < -0.3 is 0 Å². The van der Waals surface area contributed by atoms with Crippen LogP contribution in [0.4, 0.5) is 57.1 Å². The van der Waals surface area contributed by atoms with E-state index < -0.39 is 68.1 Å². The van der Waals surface area contributed by atoms with E-state index in [-0.39, 0.29) is 0 Å². The maximum Gasteiger partial charge on any atom is 0.384 e. The maximum absolute atomic E-state index is 14.2. The van der Waals surface area contributed by atoms with Gasteiger partial charge in [0.1, 0.15) is 8.80 Å². The molecule has 170 valence electrons. The highest BCUT2D eigenvalue weighted by molar-refractivity contribution is 6.64. The highest BCUT2D eigenvalue weighted by atomic mass is 28.3. The monoisotopic (exact) mass is 462 g/mol. The van der Waals surface area contributed by atoms with Crippen molar-refractivity contribution in [1.82, 2.24) is 0 Å². The Morgan fingerprint density at radius 3 is 1.04 bits per heavy atom. The van der Waals surface area contributed by atoms with Crippen molar-refractivity contribution in [3.8, 4) is 0 Å². The van der Waals surface area contributed by atoms with Gasteiger partial charge in [-0.05, 0) is 18.0 Å². The highest BCUT2D eigenvalue weighted by Gasteiger charge is 2.91. The Hall–Kier alpha value is -0.693. The van der Waals surface area contributed by atoms with E-state index in [4.69, 9.17) is 0 Å². The SMILES string of the molecule is CC(C)[SiH](C(C)C)C(F)(F)C(F)(F)C(F)(F)C(F)(F)C(F)(F)C(F)(F)C(C)F. The van der Waals surface area contributed by atoms with Crippen LogP contribution in [0, 0.1) is 0 Å². The molecule has 0 saturated carbocycles. The van der Waals surface area contributed by atoms with Crippen molar-refractivity contribution in [3.63, 3.8) is 0 Å². The summed E-state index contributed by atoms with van der Waals surface area (Å²) in [6.07, 6.45) is -4.17. The molecule has 28 heavy (non-hydrogen) atoms. The van der Waals surface area contributed by atoms with Crippen LogP contribution < -0.4 is 0 Å². The largest absolute Gasteiger partial charge is 0.384 e. The van der Waals surface area contributed by atoms with Crippen molar-refractivity contribution in [2.45, 2.75) is 87.0 Å². The molecule has 0 aromatic heterocycles. The normalized spacial score (nSPS) is 17.0. The lowest BCUT2D eigenvalue weighted by molar-refractivity contribution is -0.421. The number of rotatable bonds is 9. The van der Waals surface area contributed by atoms with Crippen LogP contribution in [0.3, 0.4) is 0 Å². The van der Waals surface area contributed by atoms with E-state index >= 15 is 0 Å². The first-order valence-corrected chi connectivity index (χ1v) is 9.78. The zero-order valence-electron chi connectivity index (χ0n) is 15.2. The van der Waals surface area contributed by atoms with Crippen molar-refractivity contribution in [1.29, 1.82) is 0 Å². The van der Waals surface area contributed by atoms with Gasteiger partial charge in [0.15, 0.2) is 6.17 Å². The lowest BCUT2D eigenvalue weighted by Gasteiger charge is -2.44. The zero-order chi connectivity index (χ0) is 23.3. The summed E-state index contributed by atoms with van der Waals surface area (Å²) in [6, 6.07) is 0. The van der Waals surface area contributed by atoms with Gasteiger partial charge in [-0.25, -0.2) is 13.2 Å². The average molecular weight is 462 g/mol. The molecule has 0 bridgehead atoms. The quantitative estimate of drug-likeness (QED) is 0.263. The van der Waals surface area contributed by atoms with Gasteiger partial charge in [0.2, 0.25) is 0 Å². The van der Waals surface area contributed by atoms with E-state index in [1.165, 1.54) is 0 Å². The summed E-state index contributed by atoms with van der Waals surface area (Å²) in [5.74, 6) is -36.4. The zero-order valence-corrected chi connectivity index (χ0v) is 16.4. The predicted octanol–water partition coefficient (Wildman–Crippen LogP) is 6.74. The highest BCUT2D eigenvalue weighted by Crippen LogP contribution is 2.61. The van der Waals surface area contributed by atoms with E-state index in [9.17, 15) is 57.1 Å². The number of hydrogen-bond acceptors (Lipinski definition) is 0. The molecule has 0 saturated heterocycles. The van der Waals surface area contributed by atoms with Gasteiger partial charge in [-0.3, -0.25) is 0 Å². The topological polar surface area (TPSA) is 0 Å². The summed E-state index contributed by atoms with van der Waals surface area (Å²) in [4.78, 5) is 0. The fourth-order valence-corrected chi connectivity index (χ4v) is 6.69. The molecule has 0 amide bonds. The van der Waals surface area contributed by atoms with E-state index in [0.29, 0.717) is 0 Å². The molecule has 1 atom stereocenters. The van der Waals surface area contributed by atoms with Crippen molar-refractivity contribution in [2.24, 2.45) is 0 Å². The summed E-state index contributed by atoms with van der Waals surface area (Å²) in [5, 5.41) is 0. The first kappa shape index (κ1) is 27.3. The van der Waals surface area contributed by atoms with Crippen molar-refractivity contribution in [2.75, 3.05) is 0 Å². The number of alkyl halides is 13. The summed E-state index contributed by atoms with van der Waals surface area (Å²) in [7, 11) is -4.41. The predicted molar refractivity (Wildman–Crippen MR) is 77.6 cm³/mol. The average Bonchev–Trinajstić information content (AvgIpc) is 2.44. The third kappa shape index (κ3) is 3.62. The molecule has 0 nitrogen and oxygen atoms in total. The van der Waals surface area contributed by atoms with Crippen LogP contribution in [0.15, 0.2) is 0 Å². The van der Waals surface area contributed by atoms with Crippen LogP contribution in [-0.4, -0.2) is 50.1 Å². The summed E-state index contributed by atoms with van der Waals surface area (Å²) in [5.41, 5.74) is -8.62. The summed E-state index contributed by atoms with van der Waals surface area (Å²) >= 11 is 0. The Morgan fingerprint density at radius 2 is 0.786 bits per heavy atom. The number of halogens is 13. The second-order valence-electron chi connectivity index (χ2n) is 7.17. The fraction of sp³-hybridized carbons (Fsp3) is 1.00. The molecule has 0 aromatic rings. The van der Waals surface area contributed by atoms with E-state index in [1.807, 2.05) is 0 Å². The standard InChI is InChI=1S/C14H19F13Si/c1-6(2)28(7(3)4)14(26,27)13(24,25)12(22,23)11(20,21)10(18,19)9(16,17)8(5)15/h6-8,28H,1-5H3. The molecule has 0 aromatic carbocycles. The van der Waals surface area contributed by atoms with Gasteiger partial charge in [-0.2, -0.15) is 43.9 Å². The second kappa shape index (κ2) is 7.53. The van der Waals surface area contributed by atoms with Gasteiger partial charge in [-0.1, -0.05) is 27.7 Å². The Kier molecular flexibility index (Phi) is 7.34. The first-order chi connectivity index (χ1) is 12.0. The molecule has 0 spiro atoms. The third-order valence-electron chi connectivity index (χ3n) is 4.37. The Labute approximate surface area is 154 Å². The molecule has 0 rings (SSSR count). The van der Waals surface area contributed by atoms with Gasteiger partial charge in [-0.15, -0.1) is 0 Å². The van der Waals surface area contributed by atoms with E-state index in [0.717, 1.165) is 27.7 Å². The second-order valence-corrected chi connectivity index (χ2v) is 11.6. The Balaban J connectivity index is 6.62. The molecule has 0 N–H and O–H groups in total. The lowest BCUT2D eigenvalue weighted by Crippen LogP contribution is -2.73. The van der Waals surface area contributed by atoms with Gasteiger partial charge in [0.05, 0.1) is 0 Å². The van der Waals surface area contributed by atoms with Crippen LogP contribution in [0.25, 0.3) is 0 Å². The first-order valence-electron chi connectivity index (χ1n) is 7.87. The molecular weight excluding hydrogens is 443 g/mol. The minimum atomic E-state index is -7.70. The maximum atomic E-state index is 14.2. The van der Waals surface area contributed by atoms with Crippen LogP contribution in [0.2, 0.25) is 11.1 Å². The molecule has 14 heteroatoms. The molecule has 0 fully saturated rings. The summed E-state index contributed by atoms with van der Waals surface area (Å²) < 4.78 is 177. The minimum Gasteiger partial charge on any atom is -0.241 e. The van der Waals surface area contributed by atoms with E-state index in [2.05, 4.69) is 0 Å². The van der Waals surface area contributed by atoms with Crippen molar-refractivity contribution in [3.05, 3.63) is 0 Å². The summed E-state index contributed by atoms with van der Waals surface area (Å²) in [6.45, 7) is 3.28. The molecule has 0 aliphatic carbocycles. The molecule has 0 radical (unpaired) electrons. The van der Waals surface area contributed by atoms with Gasteiger partial charge in [0, 0.05) is 0 Å². The van der Waals surface area contributed by atoms with Crippen LogP contribution >= 0.6 is 0 Å². The Bertz CT molecular complexity index is 531. The third-order valence-corrected chi connectivity index (χ3v) is 8.45. The van der Waals surface area contributed by atoms with E-state index in [1.54, 1.807) is 0 Å². The minimum absolute atomic E-state index is 0.407.